The molecule has 1 amide bonds. The molecule has 0 bridgehead atoms. The van der Waals surface area contributed by atoms with Crippen molar-refractivity contribution in [2.45, 2.75) is 50.9 Å². The van der Waals surface area contributed by atoms with Crippen molar-refractivity contribution in [2.24, 2.45) is 0 Å². The lowest BCUT2D eigenvalue weighted by Crippen LogP contribution is -2.51. The molecule has 38 heavy (non-hydrogen) atoms. The third-order valence-corrected chi connectivity index (χ3v) is 5.98. The standard InChI is InChI=1S/C28H27F4N3O3/c1-18(35-26(36)27(2,3)38-25-15-22(11-12-34-25)28(30,31)32)24(21-6-4-5-20(13-21)16-33)14-19-7-9-23(10-8-19)37-17-29/h4-13,15,18,24H,14,17H2,1-3H3,(H,35,36)/t18-,24?/m0/s1. The smallest absolute Gasteiger partial charge is 0.416 e. The van der Waals surface area contributed by atoms with Gasteiger partial charge in [-0.25, -0.2) is 9.37 Å². The number of ether oxygens (including phenoxy) is 2. The van der Waals surface area contributed by atoms with Crippen molar-refractivity contribution in [3.63, 3.8) is 0 Å². The Morgan fingerprint density at radius 1 is 1.11 bits per heavy atom. The third-order valence-electron chi connectivity index (χ3n) is 5.98. The first-order valence-corrected chi connectivity index (χ1v) is 11.7. The van der Waals surface area contributed by atoms with Gasteiger partial charge in [0, 0.05) is 24.2 Å². The molecule has 6 nitrogen and oxygen atoms in total. The molecule has 0 spiro atoms. The topological polar surface area (TPSA) is 84.2 Å². The number of nitrogens with zero attached hydrogens (tertiary/aromatic N) is 2. The van der Waals surface area contributed by atoms with Crippen LogP contribution in [0.2, 0.25) is 0 Å². The molecule has 200 valence electrons. The van der Waals surface area contributed by atoms with E-state index in [-0.39, 0.29) is 11.8 Å². The van der Waals surface area contributed by atoms with Crippen LogP contribution < -0.4 is 14.8 Å². The summed E-state index contributed by atoms with van der Waals surface area (Å²) >= 11 is 0. The van der Waals surface area contributed by atoms with Gasteiger partial charge in [0.1, 0.15) is 5.75 Å². The largest absolute Gasteiger partial charge is 0.463 e. The minimum absolute atomic E-state index is 0.289. The van der Waals surface area contributed by atoms with Crippen molar-refractivity contribution in [1.29, 1.82) is 5.26 Å². The summed E-state index contributed by atoms with van der Waals surface area (Å²) < 4.78 is 62.1. The van der Waals surface area contributed by atoms with Crippen LogP contribution in [-0.4, -0.2) is 29.4 Å². The number of pyridine rings is 1. The van der Waals surface area contributed by atoms with E-state index in [1.54, 1.807) is 49.4 Å². The molecule has 0 aliphatic carbocycles. The molecule has 2 atom stereocenters. The maximum absolute atomic E-state index is 13.2. The number of halogens is 4. The Balaban J connectivity index is 1.81. The van der Waals surface area contributed by atoms with Crippen molar-refractivity contribution in [3.05, 3.63) is 89.1 Å². The number of nitrogens with one attached hydrogen (secondary N) is 1. The van der Waals surface area contributed by atoms with Crippen molar-refractivity contribution in [1.82, 2.24) is 10.3 Å². The van der Waals surface area contributed by atoms with Crippen LogP contribution in [0.25, 0.3) is 0 Å². The number of alkyl halides is 4. The summed E-state index contributed by atoms with van der Waals surface area (Å²) in [5.41, 5.74) is -0.340. The maximum atomic E-state index is 13.2. The number of carbonyl (C=O) groups excluding carboxylic acids is 1. The fourth-order valence-corrected chi connectivity index (χ4v) is 3.89. The first-order valence-electron chi connectivity index (χ1n) is 11.7. The number of carbonyl (C=O) groups is 1. The van der Waals surface area contributed by atoms with E-state index in [0.717, 1.165) is 29.5 Å². The summed E-state index contributed by atoms with van der Waals surface area (Å²) in [6, 6.07) is 17.0. The second-order valence-corrected chi connectivity index (χ2v) is 9.20. The van der Waals surface area contributed by atoms with Gasteiger partial charge in [-0.3, -0.25) is 4.79 Å². The van der Waals surface area contributed by atoms with Crippen molar-refractivity contribution >= 4 is 5.91 Å². The van der Waals surface area contributed by atoms with Crippen LogP contribution in [0.15, 0.2) is 66.9 Å². The highest BCUT2D eigenvalue weighted by atomic mass is 19.4. The predicted molar refractivity (Wildman–Crippen MR) is 132 cm³/mol. The molecule has 0 aliphatic rings. The zero-order valence-electron chi connectivity index (χ0n) is 21.1. The highest BCUT2D eigenvalue weighted by molar-refractivity contribution is 5.85. The normalized spacial score (nSPS) is 13.2. The van der Waals surface area contributed by atoms with E-state index in [1.807, 2.05) is 6.07 Å². The minimum Gasteiger partial charge on any atom is -0.463 e. The van der Waals surface area contributed by atoms with Gasteiger partial charge >= 0.3 is 6.18 Å². The Labute approximate surface area is 218 Å². The minimum atomic E-state index is -4.58. The first kappa shape index (κ1) is 28.4. The summed E-state index contributed by atoms with van der Waals surface area (Å²) in [6.45, 7) is 3.72. The van der Waals surface area contributed by atoms with Gasteiger partial charge in [0.05, 0.1) is 17.2 Å². The summed E-state index contributed by atoms with van der Waals surface area (Å²) in [4.78, 5) is 17.0. The quantitative estimate of drug-likeness (QED) is 0.328. The number of amides is 1. The lowest BCUT2D eigenvalue weighted by Gasteiger charge is -2.31. The molecular formula is C28H27F4N3O3. The molecule has 3 rings (SSSR count). The van der Waals surface area contributed by atoms with Gasteiger partial charge in [-0.05, 0) is 68.7 Å². The number of nitriles is 1. The molecule has 0 aliphatic heterocycles. The molecule has 0 saturated carbocycles. The van der Waals surface area contributed by atoms with E-state index in [0.29, 0.717) is 17.7 Å². The number of hydrogen-bond acceptors (Lipinski definition) is 5. The van der Waals surface area contributed by atoms with Crippen LogP contribution in [0.3, 0.4) is 0 Å². The van der Waals surface area contributed by atoms with Crippen molar-refractivity contribution in [2.75, 3.05) is 6.86 Å². The van der Waals surface area contributed by atoms with E-state index >= 15 is 0 Å². The molecule has 1 heterocycles. The Morgan fingerprint density at radius 2 is 1.82 bits per heavy atom. The van der Waals surface area contributed by atoms with E-state index in [1.165, 1.54) is 13.8 Å². The van der Waals surface area contributed by atoms with Gasteiger partial charge in [-0.15, -0.1) is 0 Å². The van der Waals surface area contributed by atoms with Gasteiger partial charge in [0.2, 0.25) is 12.7 Å². The average Bonchev–Trinajstić information content (AvgIpc) is 2.87. The highest BCUT2D eigenvalue weighted by Gasteiger charge is 2.35. The molecule has 0 saturated heterocycles. The zero-order chi connectivity index (χ0) is 27.9. The van der Waals surface area contributed by atoms with Crippen LogP contribution in [0.1, 0.15) is 48.9 Å². The molecule has 1 N–H and O–H groups in total. The maximum Gasteiger partial charge on any atom is 0.416 e. The summed E-state index contributed by atoms with van der Waals surface area (Å²) in [7, 11) is 0. The fraction of sp³-hybridized carbons (Fsp3) is 0.321. The highest BCUT2D eigenvalue weighted by Crippen LogP contribution is 2.32. The third kappa shape index (κ3) is 7.44. The van der Waals surface area contributed by atoms with Crippen molar-refractivity contribution < 1.29 is 31.8 Å². The van der Waals surface area contributed by atoms with Gasteiger partial charge < -0.3 is 14.8 Å². The molecule has 1 aromatic heterocycles. The monoisotopic (exact) mass is 529 g/mol. The van der Waals surface area contributed by atoms with Crippen LogP contribution in [0.5, 0.6) is 11.6 Å². The van der Waals surface area contributed by atoms with Crippen LogP contribution in [-0.2, 0) is 17.4 Å². The van der Waals surface area contributed by atoms with E-state index in [9.17, 15) is 27.6 Å². The molecular weight excluding hydrogens is 502 g/mol. The van der Waals surface area contributed by atoms with E-state index in [2.05, 4.69) is 16.4 Å². The summed E-state index contributed by atoms with van der Waals surface area (Å²) in [5, 5.41) is 12.3. The van der Waals surface area contributed by atoms with Gasteiger partial charge in [-0.1, -0.05) is 24.3 Å². The number of benzene rings is 2. The molecule has 2 aromatic carbocycles. The number of rotatable bonds is 10. The average molecular weight is 530 g/mol. The summed E-state index contributed by atoms with van der Waals surface area (Å²) in [6.07, 6.45) is -3.15. The second kappa shape index (κ2) is 11.9. The SMILES string of the molecule is C[C@H](NC(=O)C(C)(C)Oc1cc(C(F)(F)F)ccn1)C(Cc1ccc(OCF)cc1)c1cccc(C#N)c1. The lowest BCUT2D eigenvalue weighted by molar-refractivity contribution is -0.138. The van der Waals surface area contributed by atoms with Crippen LogP contribution in [0.4, 0.5) is 17.6 Å². The van der Waals surface area contributed by atoms with E-state index in [4.69, 9.17) is 9.47 Å². The Bertz CT molecular complexity index is 1290. The first-order chi connectivity index (χ1) is 17.9. The van der Waals surface area contributed by atoms with Gasteiger partial charge in [0.25, 0.3) is 5.91 Å². The van der Waals surface area contributed by atoms with Crippen LogP contribution >= 0.6 is 0 Å². The molecule has 10 heteroatoms. The van der Waals surface area contributed by atoms with Gasteiger partial charge in [0.15, 0.2) is 5.60 Å². The Morgan fingerprint density at radius 3 is 2.45 bits per heavy atom. The fourth-order valence-electron chi connectivity index (χ4n) is 3.89. The van der Waals surface area contributed by atoms with E-state index < -0.39 is 36.2 Å². The Hall–Kier alpha value is -4.13. The second-order valence-electron chi connectivity index (χ2n) is 9.20. The van der Waals surface area contributed by atoms with Crippen molar-refractivity contribution in [3.8, 4) is 17.7 Å². The van der Waals surface area contributed by atoms with Crippen LogP contribution in [0, 0.1) is 11.3 Å². The predicted octanol–water partition coefficient (Wildman–Crippen LogP) is 5.97. The lowest BCUT2D eigenvalue weighted by atomic mass is 9.85. The molecule has 0 fully saturated rings. The molecule has 3 aromatic rings. The van der Waals surface area contributed by atoms with Gasteiger partial charge in [-0.2, -0.15) is 18.4 Å². The zero-order valence-corrected chi connectivity index (χ0v) is 21.1. The Kier molecular flexibility index (Phi) is 8.94. The molecule has 1 unspecified atom stereocenters. The molecule has 0 radical (unpaired) electrons. The summed E-state index contributed by atoms with van der Waals surface area (Å²) in [5.74, 6) is -0.802. The number of aromatic nitrogens is 1. The number of hydrogen-bond donors (Lipinski definition) is 1.